The van der Waals surface area contributed by atoms with Gasteiger partial charge in [-0.25, -0.2) is 0 Å². The van der Waals surface area contributed by atoms with E-state index in [4.69, 9.17) is 0 Å². The van der Waals surface area contributed by atoms with Gasteiger partial charge >= 0.3 is 0 Å². The first-order valence-electron chi connectivity index (χ1n) is 14.5. The normalized spacial score (nSPS) is 15.2. The Labute approximate surface area is 244 Å². The molecule has 6 aromatic rings. The molecule has 0 aliphatic heterocycles. The van der Waals surface area contributed by atoms with Gasteiger partial charge in [0.15, 0.2) is 0 Å². The average molecular weight is 543 g/mol. The minimum absolute atomic E-state index is 0.121. The molecule has 0 unspecified atom stereocenters. The highest BCUT2D eigenvalue weighted by Gasteiger charge is 2.53. The van der Waals surface area contributed by atoms with Gasteiger partial charge in [-0.05, 0) is 74.4 Å². The molecule has 2 aliphatic rings. The number of fused-ring (bicyclic) bond motifs is 9. The van der Waals surface area contributed by atoms with Crippen LogP contribution in [-0.2, 0) is 10.8 Å². The van der Waals surface area contributed by atoms with E-state index >= 15 is 0 Å². The Balaban J connectivity index is 1.50. The van der Waals surface area contributed by atoms with Crippen LogP contribution in [0, 0.1) is 0 Å². The molecule has 1 heteroatoms. The van der Waals surface area contributed by atoms with E-state index in [1.165, 1.54) is 60.4 Å². The van der Waals surface area contributed by atoms with Crippen molar-refractivity contribution >= 4 is 23.8 Å². The zero-order chi connectivity index (χ0) is 27.6. The molecular weight excluding hydrogens is 511 g/mol. The van der Waals surface area contributed by atoms with Gasteiger partial charge in [0.2, 0.25) is 0 Å². The lowest BCUT2D eigenvalue weighted by Gasteiger charge is -2.47. The monoisotopic (exact) mass is 542 g/mol. The fourth-order valence-electron chi connectivity index (χ4n) is 7.59. The van der Waals surface area contributed by atoms with E-state index in [-0.39, 0.29) is 10.8 Å². The van der Waals surface area contributed by atoms with Crippen LogP contribution in [0.5, 0.6) is 0 Å². The molecule has 0 saturated heterocycles. The van der Waals surface area contributed by atoms with Gasteiger partial charge in [0.05, 0.1) is 5.41 Å². The van der Waals surface area contributed by atoms with Crippen LogP contribution in [-0.4, -0.2) is 0 Å². The van der Waals surface area contributed by atoms with Crippen molar-refractivity contribution in [3.8, 4) is 11.1 Å². The summed E-state index contributed by atoms with van der Waals surface area (Å²) in [5, 5.41) is 4.16. The molecule has 0 atom stereocenters. The number of benzene rings is 6. The Morgan fingerprint density at radius 2 is 0.805 bits per heavy atom. The van der Waals surface area contributed by atoms with Crippen LogP contribution < -0.4 is 15.9 Å². The fraction of sp³-hybridized carbons (Fsp3) is 0.100. The standard InChI is InChI=1S/C40H31P/c1-39(2)35-23-13-14-24-37(35)40(33-21-11-9-19-31(33)32-20-10-12-22-34(32)40)38-27-30(25-26-36(38)39)41(28-15-5-3-6-16-28)29-17-7-4-8-18-29/h3-27H,1-2H3. The van der Waals surface area contributed by atoms with E-state index < -0.39 is 7.92 Å². The molecule has 196 valence electrons. The Bertz CT molecular complexity index is 1830. The van der Waals surface area contributed by atoms with E-state index in [0.29, 0.717) is 0 Å². The molecule has 2 aliphatic carbocycles. The van der Waals surface area contributed by atoms with Crippen molar-refractivity contribution in [3.05, 3.63) is 185 Å². The maximum Gasteiger partial charge on any atom is 0.0719 e. The first-order chi connectivity index (χ1) is 20.1. The molecule has 0 bridgehead atoms. The van der Waals surface area contributed by atoms with Crippen LogP contribution in [0.1, 0.15) is 47.2 Å². The summed E-state index contributed by atoms with van der Waals surface area (Å²) in [4.78, 5) is 0. The van der Waals surface area contributed by atoms with Crippen LogP contribution >= 0.6 is 7.92 Å². The van der Waals surface area contributed by atoms with Gasteiger partial charge in [0.1, 0.15) is 0 Å². The lowest BCUT2D eigenvalue weighted by atomic mass is 9.55. The van der Waals surface area contributed by atoms with Gasteiger partial charge in [-0.1, -0.05) is 159 Å². The molecular formula is C40H31P. The largest absolute Gasteiger partial charge is 0.0719 e. The Hall–Kier alpha value is -4.25. The summed E-state index contributed by atoms with van der Waals surface area (Å²) in [5.41, 5.74) is 10.7. The van der Waals surface area contributed by atoms with Crippen molar-refractivity contribution in [2.75, 3.05) is 0 Å². The molecule has 0 nitrogen and oxygen atoms in total. The maximum absolute atomic E-state index is 2.58. The summed E-state index contributed by atoms with van der Waals surface area (Å²) in [6.45, 7) is 4.81. The summed E-state index contributed by atoms with van der Waals surface area (Å²) in [5.74, 6) is 0. The highest BCUT2D eigenvalue weighted by molar-refractivity contribution is 7.79. The van der Waals surface area contributed by atoms with Crippen molar-refractivity contribution in [2.45, 2.75) is 24.7 Å². The van der Waals surface area contributed by atoms with E-state index in [1.807, 2.05) is 0 Å². The van der Waals surface area contributed by atoms with Crippen molar-refractivity contribution in [1.82, 2.24) is 0 Å². The van der Waals surface area contributed by atoms with Crippen LogP contribution in [0.25, 0.3) is 11.1 Å². The molecule has 0 saturated carbocycles. The maximum atomic E-state index is 2.58. The highest BCUT2D eigenvalue weighted by Crippen LogP contribution is 2.62. The van der Waals surface area contributed by atoms with Crippen LogP contribution in [0.15, 0.2) is 152 Å². The van der Waals surface area contributed by atoms with Gasteiger partial charge in [-0.3, -0.25) is 0 Å². The van der Waals surface area contributed by atoms with Gasteiger partial charge < -0.3 is 0 Å². The van der Waals surface area contributed by atoms with Crippen LogP contribution in [0.4, 0.5) is 0 Å². The molecule has 0 N–H and O–H groups in total. The van der Waals surface area contributed by atoms with E-state index in [1.54, 1.807) is 0 Å². The van der Waals surface area contributed by atoms with Crippen molar-refractivity contribution in [1.29, 1.82) is 0 Å². The zero-order valence-corrected chi connectivity index (χ0v) is 24.3. The smallest absolute Gasteiger partial charge is 0.0622 e. The molecule has 1 spiro atoms. The summed E-state index contributed by atoms with van der Waals surface area (Å²) in [6, 6.07) is 57.0. The first-order valence-corrected chi connectivity index (χ1v) is 15.8. The minimum atomic E-state index is -0.725. The molecule has 0 aromatic heterocycles. The summed E-state index contributed by atoms with van der Waals surface area (Å²) in [6.07, 6.45) is 0. The number of rotatable bonds is 3. The number of hydrogen-bond donors (Lipinski definition) is 0. The summed E-state index contributed by atoms with van der Waals surface area (Å²) < 4.78 is 0. The Morgan fingerprint density at radius 1 is 0.366 bits per heavy atom. The molecule has 8 rings (SSSR count). The second-order valence-electron chi connectivity index (χ2n) is 11.7. The van der Waals surface area contributed by atoms with Crippen molar-refractivity contribution < 1.29 is 0 Å². The topological polar surface area (TPSA) is 0 Å². The van der Waals surface area contributed by atoms with Gasteiger partial charge in [-0.2, -0.15) is 0 Å². The summed E-state index contributed by atoms with van der Waals surface area (Å²) in [7, 11) is -0.725. The fourth-order valence-corrected chi connectivity index (χ4v) is 9.91. The quantitative estimate of drug-likeness (QED) is 0.197. The van der Waals surface area contributed by atoms with Crippen molar-refractivity contribution in [2.24, 2.45) is 0 Å². The predicted molar refractivity (Wildman–Crippen MR) is 175 cm³/mol. The minimum Gasteiger partial charge on any atom is -0.0622 e. The molecule has 0 fully saturated rings. The second-order valence-corrected chi connectivity index (χ2v) is 14.0. The van der Waals surface area contributed by atoms with Crippen LogP contribution in [0.3, 0.4) is 0 Å². The van der Waals surface area contributed by atoms with Gasteiger partial charge in [0.25, 0.3) is 0 Å². The zero-order valence-electron chi connectivity index (χ0n) is 23.4. The lowest BCUT2D eigenvalue weighted by Crippen LogP contribution is -2.41. The molecule has 41 heavy (non-hydrogen) atoms. The SMILES string of the molecule is CC1(C)c2ccccc2C2(c3ccccc3-c3ccccc32)c2cc(P(c3ccccc3)c3ccccc3)ccc21. The van der Waals surface area contributed by atoms with E-state index in [9.17, 15) is 0 Å². The third kappa shape index (κ3) is 3.38. The van der Waals surface area contributed by atoms with Crippen molar-refractivity contribution in [3.63, 3.8) is 0 Å². The Morgan fingerprint density at radius 3 is 1.37 bits per heavy atom. The Kier molecular flexibility index (Phi) is 5.47. The third-order valence-electron chi connectivity index (χ3n) is 9.32. The average Bonchev–Trinajstić information content (AvgIpc) is 3.33. The molecule has 0 radical (unpaired) electrons. The lowest BCUT2D eigenvalue weighted by molar-refractivity contribution is 0.564. The second kappa shape index (κ2) is 9.13. The predicted octanol–water partition coefficient (Wildman–Crippen LogP) is 8.45. The number of hydrogen-bond acceptors (Lipinski definition) is 0. The highest BCUT2D eigenvalue weighted by atomic mass is 31.1. The van der Waals surface area contributed by atoms with E-state index in [2.05, 4.69) is 166 Å². The molecule has 0 amide bonds. The molecule has 6 aromatic carbocycles. The van der Waals surface area contributed by atoms with Crippen LogP contribution in [0.2, 0.25) is 0 Å². The van der Waals surface area contributed by atoms with Gasteiger partial charge in [-0.15, -0.1) is 0 Å². The summed E-state index contributed by atoms with van der Waals surface area (Å²) >= 11 is 0. The van der Waals surface area contributed by atoms with E-state index in [0.717, 1.165) is 0 Å². The third-order valence-corrected chi connectivity index (χ3v) is 11.7. The first kappa shape index (κ1) is 24.5. The van der Waals surface area contributed by atoms with Gasteiger partial charge in [0, 0.05) is 5.41 Å². The molecule has 0 heterocycles.